The van der Waals surface area contributed by atoms with E-state index in [1.807, 2.05) is 0 Å². The molecule has 19 heavy (non-hydrogen) atoms. The van der Waals surface area contributed by atoms with E-state index < -0.39 is 0 Å². The van der Waals surface area contributed by atoms with E-state index >= 15 is 0 Å². The standard InChI is InChI=1S/C19H40/c1-8-11-13-18(16(4)12-9-2)14-17(10-3)15-19(5,6)7/h16-18H,8-15H2,1-7H3. The number of unbranched alkanes of at least 4 members (excludes halogenated alkanes) is 1. The molecule has 0 aliphatic carbocycles. The molecule has 0 saturated heterocycles. The third-order valence-corrected chi connectivity index (χ3v) is 4.59. The summed E-state index contributed by atoms with van der Waals surface area (Å²) in [7, 11) is 0. The Labute approximate surface area is 123 Å². The van der Waals surface area contributed by atoms with Crippen molar-refractivity contribution >= 4 is 0 Å². The monoisotopic (exact) mass is 268 g/mol. The van der Waals surface area contributed by atoms with Crippen LogP contribution in [0.1, 0.15) is 99.8 Å². The molecule has 0 aromatic rings. The number of rotatable bonds is 10. The van der Waals surface area contributed by atoms with Crippen molar-refractivity contribution in [1.29, 1.82) is 0 Å². The molecular formula is C19H40. The van der Waals surface area contributed by atoms with Crippen molar-refractivity contribution in [3.63, 3.8) is 0 Å². The van der Waals surface area contributed by atoms with Gasteiger partial charge in [0.25, 0.3) is 0 Å². The third kappa shape index (κ3) is 9.52. The van der Waals surface area contributed by atoms with Crippen LogP contribution in [0.5, 0.6) is 0 Å². The van der Waals surface area contributed by atoms with Gasteiger partial charge >= 0.3 is 0 Å². The van der Waals surface area contributed by atoms with Crippen LogP contribution in [0.25, 0.3) is 0 Å². The minimum atomic E-state index is 0.490. The van der Waals surface area contributed by atoms with E-state index in [-0.39, 0.29) is 0 Å². The predicted molar refractivity (Wildman–Crippen MR) is 89.6 cm³/mol. The molecule has 0 radical (unpaired) electrons. The Hall–Kier alpha value is 0. The SMILES string of the molecule is CCCCC(CC(CC)CC(C)(C)C)C(C)CCC. The second-order valence-corrected chi connectivity index (χ2v) is 7.94. The normalized spacial score (nSPS) is 17.2. The van der Waals surface area contributed by atoms with Crippen molar-refractivity contribution in [2.45, 2.75) is 99.8 Å². The zero-order valence-corrected chi connectivity index (χ0v) is 14.9. The van der Waals surface area contributed by atoms with Crippen LogP contribution in [-0.4, -0.2) is 0 Å². The molecule has 0 spiro atoms. The lowest BCUT2D eigenvalue weighted by Crippen LogP contribution is -2.20. The van der Waals surface area contributed by atoms with E-state index in [1.165, 1.54) is 51.4 Å². The van der Waals surface area contributed by atoms with Crippen molar-refractivity contribution in [2.75, 3.05) is 0 Å². The molecule has 0 heterocycles. The van der Waals surface area contributed by atoms with Gasteiger partial charge in [0.1, 0.15) is 0 Å². The van der Waals surface area contributed by atoms with E-state index in [2.05, 4.69) is 48.5 Å². The smallest absolute Gasteiger partial charge is 0.0380 e. The van der Waals surface area contributed by atoms with Crippen LogP contribution in [0.4, 0.5) is 0 Å². The molecule has 0 nitrogen and oxygen atoms in total. The van der Waals surface area contributed by atoms with Gasteiger partial charge in [0.2, 0.25) is 0 Å². The van der Waals surface area contributed by atoms with Gasteiger partial charge in [0.15, 0.2) is 0 Å². The molecule has 0 rings (SSSR count). The fraction of sp³-hybridized carbons (Fsp3) is 1.00. The molecule has 0 amide bonds. The maximum absolute atomic E-state index is 2.49. The van der Waals surface area contributed by atoms with E-state index in [0.29, 0.717) is 5.41 Å². The van der Waals surface area contributed by atoms with Crippen LogP contribution in [0.3, 0.4) is 0 Å². The first kappa shape index (κ1) is 19.0. The van der Waals surface area contributed by atoms with Crippen molar-refractivity contribution < 1.29 is 0 Å². The van der Waals surface area contributed by atoms with Crippen LogP contribution >= 0.6 is 0 Å². The second kappa shape index (κ2) is 9.83. The Bertz CT molecular complexity index is 199. The fourth-order valence-corrected chi connectivity index (χ4v) is 3.48. The molecule has 0 fully saturated rings. The van der Waals surface area contributed by atoms with Crippen LogP contribution < -0.4 is 0 Å². The molecule has 0 heteroatoms. The zero-order chi connectivity index (χ0) is 14.9. The highest BCUT2D eigenvalue weighted by Crippen LogP contribution is 2.35. The summed E-state index contributed by atoms with van der Waals surface area (Å²) in [5.74, 6) is 2.82. The minimum absolute atomic E-state index is 0.490. The van der Waals surface area contributed by atoms with Gasteiger partial charge in [0, 0.05) is 0 Å². The van der Waals surface area contributed by atoms with E-state index in [0.717, 1.165) is 17.8 Å². The van der Waals surface area contributed by atoms with Crippen LogP contribution in [-0.2, 0) is 0 Å². The topological polar surface area (TPSA) is 0 Å². The van der Waals surface area contributed by atoms with Gasteiger partial charge < -0.3 is 0 Å². The van der Waals surface area contributed by atoms with Crippen LogP contribution in [0.15, 0.2) is 0 Å². The largest absolute Gasteiger partial charge is 0.0654 e. The number of hydrogen-bond acceptors (Lipinski definition) is 0. The minimum Gasteiger partial charge on any atom is -0.0654 e. The van der Waals surface area contributed by atoms with Crippen molar-refractivity contribution in [2.24, 2.45) is 23.2 Å². The van der Waals surface area contributed by atoms with Crippen LogP contribution in [0, 0.1) is 23.2 Å². The Morgan fingerprint density at radius 2 is 1.53 bits per heavy atom. The quantitative estimate of drug-likeness (QED) is 0.397. The van der Waals surface area contributed by atoms with Gasteiger partial charge in [-0.3, -0.25) is 0 Å². The Kier molecular flexibility index (Phi) is 9.83. The Balaban J connectivity index is 4.48. The van der Waals surface area contributed by atoms with Gasteiger partial charge in [-0.05, 0) is 36.0 Å². The highest BCUT2D eigenvalue weighted by molar-refractivity contribution is 4.75. The molecule has 0 aromatic carbocycles. The van der Waals surface area contributed by atoms with Gasteiger partial charge in [-0.2, -0.15) is 0 Å². The van der Waals surface area contributed by atoms with Gasteiger partial charge in [-0.15, -0.1) is 0 Å². The van der Waals surface area contributed by atoms with E-state index in [9.17, 15) is 0 Å². The van der Waals surface area contributed by atoms with Gasteiger partial charge in [-0.25, -0.2) is 0 Å². The summed E-state index contributed by atoms with van der Waals surface area (Å²) in [4.78, 5) is 0. The molecule has 3 atom stereocenters. The predicted octanol–water partition coefficient (Wildman–Crippen LogP) is 7.08. The summed E-state index contributed by atoms with van der Waals surface area (Å²) in [6.07, 6.45) is 11.2. The van der Waals surface area contributed by atoms with E-state index in [1.54, 1.807) is 0 Å². The molecule has 0 aliphatic heterocycles. The fourth-order valence-electron chi connectivity index (χ4n) is 3.48. The maximum Gasteiger partial charge on any atom is -0.0380 e. The first-order valence-corrected chi connectivity index (χ1v) is 8.84. The average molecular weight is 269 g/mol. The second-order valence-electron chi connectivity index (χ2n) is 7.94. The third-order valence-electron chi connectivity index (χ3n) is 4.59. The maximum atomic E-state index is 2.49. The Morgan fingerprint density at radius 3 is 1.95 bits per heavy atom. The molecule has 0 aliphatic rings. The van der Waals surface area contributed by atoms with Crippen LogP contribution in [0.2, 0.25) is 0 Å². The molecule has 0 N–H and O–H groups in total. The van der Waals surface area contributed by atoms with Crippen molar-refractivity contribution in [3.8, 4) is 0 Å². The Morgan fingerprint density at radius 1 is 0.895 bits per heavy atom. The van der Waals surface area contributed by atoms with Gasteiger partial charge in [0.05, 0.1) is 0 Å². The summed E-state index contributed by atoms with van der Waals surface area (Å²) in [5, 5.41) is 0. The summed E-state index contributed by atoms with van der Waals surface area (Å²) in [6.45, 7) is 16.7. The van der Waals surface area contributed by atoms with Crippen molar-refractivity contribution in [3.05, 3.63) is 0 Å². The lowest BCUT2D eigenvalue weighted by Gasteiger charge is -2.31. The first-order chi connectivity index (χ1) is 8.84. The first-order valence-electron chi connectivity index (χ1n) is 8.84. The molecule has 0 saturated carbocycles. The summed E-state index contributed by atoms with van der Waals surface area (Å²) in [5.41, 5.74) is 0.490. The van der Waals surface area contributed by atoms with Gasteiger partial charge in [-0.1, -0.05) is 87.0 Å². The highest BCUT2D eigenvalue weighted by Gasteiger charge is 2.23. The molecule has 0 aromatic heterocycles. The number of hydrogen-bond donors (Lipinski definition) is 0. The average Bonchev–Trinajstić information content (AvgIpc) is 2.31. The lowest BCUT2D eigenvalue weighted by molar-refractivity contribution is 0.200. The lowest BCUT2D eigenvalue weighted by atomic mass is 9.74. The van der Waals surface area contributed by atoms with Crippen molar-refractivity contribution in [1.82, 2.24) is 0 Å². The molecule has 3 unspecified atom stereocenters. The van der Waals surface area contributed by atoms with E-state index in [4.69, 9.17) is 0 Å². The molecule has 0 bridgehead atoms. The molecular weight excluding hydrogens is 228 g/mol. The summed E-state index contributed by atoms with van der Waals surface area (Å²) in [6, 6.07) is 0. The molecule has 116 valence electrons. The highest BCUT2D eigenvalue weighted by atomic mass is 14.3. The summed E-state index contributed by atoms with van der Waals surface area (Å²) < 4.78 is 0. The summed E-state index contributed by atoms with van der Waals surface area (Å²) >= 11 is 0. The zero-order valence-electron chi connectivity index (χ0n) is 14.9.